The lowest BCUT2D eigenvalue weighted by molar-refractivity contribution is -0.303. The Labute approximate surface area is 162 Å². The van der Waals surface area contributed by atoms with E-state index in [2.05, 4.69) is 35.0 Å². The average Bonchev–Trinajstić information content (AvgIpc) is 2.69. The molecule has 0 aromatic carbocycles. The molecule has 1 fully saturated rings. The minimum atomic E-state index is -1.56. The van der Waals surface area contributed by atoms with Crippen LogP contribution in [0.5, 0.6) is 0 Å². The number of allylic oxidation sites excluding steroid dienone is 1. The van der Waals surface area contributed by atoms with E-state index < -0.39 is 55.5 Å². The number of rotatable bonds is 7. The van der Waals surface area contributed by atoms with Gasteiger partial charge in [0.2, 0.25) is 0 Å². The van der Waals surface area contributed by atoms with Gasteiger partial charge >= 0.3 is 5.97 Å². The molecule has 0 aliphatic carbocycles. The van der Waals surface area contributed by atoms with Crippen LogP contribution in [-0.4, -0.2) is 88.1 Å². The summed E-state index contributed by atoms with van der Waals surface area (Å²) in [7, 11) is 1.22. The highest BCUT2D eigenvalue weighted by Gasteiger charge is 2.44. The van der Waals surface area contributed by atoms with Crippen LogP contribution in [0, 0.1) is 23.7 Å². The second-order valence-electron chi connectivity index (χ2n) is 5.74. The predicted octanol–water partition coefficient (Wildman–Crippen LogP) is -2.16. The van der Waals surface area contributed by atoms with Gasteiger partial charge in [-0.15, -0.1) is 0 Å². The van der Waals surface area contributed by atoms with Crippen molar-refractivity contribution in [2.24, 2.45) is 0 Å². The van der Waals surface area contributed by atoms with Gasteiger partial charge in [-0.05, 0) is 24.0 Å². The first-order chi connectivity index (χ1) is 13.3. The van der Waals surface area contributed by atoms with E-state index in [9.17, 15) is 25.2 Å². The van der Waals surface area contributed by atoms with E-state index in [-0.39, 0.29) is 6.42 Å². The number of carbonyl (C=O) groups is 1. The maximum absolute atomic E-state index is 11.0. The van der Waals surface area contributed by atoms with Crippen molar-refractivity contribution in [3.63, 3.8) is 0 Å². The van der Waals surface area contributed by atoms with Crippen molar-refractivity contribution < 1.29 is 44.5 Å². The second-order valence-corrected chi connectivity index (χ2v) is 5.74. The van der Waals surface area contributed by atoms with E-state index in [0.29, 0.717) is 0 Å². The van der Waals surface area contributed by atoms with Crippen LogP contribution in [0.25, 0.3) is 0 Å². The molecular weight excluding hydrogens is 372 g/mol. The Morgan fingerprint density at radius 1 is 1.25 bits per heavy atom. The molecule has 5 N–H and O–H groups in total. The molecule has 0 radical (unpaired) electrons. The molecule has 1 saturated heterocycles. The Kier molecular flexibility index (Phi) is 10.5. The molecule has 28 heavy (non-hydrogen) atoms. The van der Waals surface area contributed by atoms with Crippen LogP contribution >= 0.6 is 0 Å². The van der Waals surface area contributed by atoms with Gasteiger partial charge in [0.05, 0.1) is 26.2 Å². The Hall–Kier alpha value is -2.21. The number of hydrogen-bond donors (Lipinski definition) is 5. The number of hydrogen-bond acceptors (Lipinski definition) is 9. The quantitative estimate of drug-likeness (QED) is 0.185. The zero-order valence-corrected chi connectivity index (χ0v) is 15.3. The molecule has 1 heterocycles. The lowest BCUT2D eigenvalue weighted by Crippen LogP contribution is -2.59. The van der Waals surface area contributed by atoms with Gasteiger partial charge in [0.1, 0.15) is 30.5 Å². The topological polar surface area (TPSA) is 146 Å². The molecule has 154 valence electrons. The van der Waals surface area contributed by atoms with Gasteiger partial charge in [-0.1, -0.05) is 24.5 Å². The van der Waals surface area contributed by atoms with Crippen LogP contribution < -0.4 is 0 Å². The zero-order chi connectivity index (χ0) is 21.1. The van der Waals surface area contributed by atoms with Gasteiger partial charge in [0.25, 0.3) is 0 Å². The summed E-state index contributed by atoms with van der Waals surface area (Å²) in [5.74, 6) is 9.53. The minimum absolute atomic E-state index is 0.189. The van der Waals surface area contributed by atoms with Crippen molar-refractivity contribution >= 4 is 5.97 Å². The number of aliphatic hydroxyl groups excluding tert-OH is 5. The van der Waals surface area contributed by atoms with Crippen molar-refractivity contribution in [1.82, 2.24) is 0 Å². The maximum Gasteiger partial charge on any atom is 0.308 e. The predicted molar refractivity (Wildman–Crippen MR) is 96.2 cm³/mol. The molecule has 0 bridgehead atoms. The third-order valence-corrected chi connectivity index (χ3v) is 3.70. The third-order valence-electron chi connectivity index (χ3n) is 3.70. The van der Waals surface area contributed by atoms with Crippen LogP contribution in [-0.2, 0) is 19.0 Å². The Balaban J connectivity index is 2.62. The van der Waals surface area contributed by atoms with Crippen molar-refractivity contribution in [3.8, 4) is 23.7 Å². The molecule has 0 saturated carbocycles. The molecule has 0 aromatic heterocycles. The van der Waals surface area contributed by atoms with Crippen LogP contribution in [0.3, 0.4) is 0 Å². The molecule has 1 rings (SSSR count). The summed E-state index contributed by atoms with van der Waals surface area (Å²) in [5, 5.41) is 48.0. The highest BCUT2D eigenvalue weighted by Crippen LogP contribution is 2.22. The van der Waals surface area contributed by atoms with Gasteiger partial charge in [-0.3, -0.25) is 4.79 Å². The summed E-state index contributed by atoms with van der Waals surface area (Å²) in [6, 6.07) is 0. The van der Waals surface area contributed by atoms with Crippen molar-refractivity contribution in [2.45, 2.75) is 49.3 Å². The first kappa shape index (κ1) is 23.8. The molecule has 0 amide bonds. The van der Waals surface area contributed by atoms with E-state index >= 15 is 0 Å². The van der Waals surface area contributed by atoms with Crippen LogP contribution in [0.1, 0.15) is 6.42 Å². The molecular formula is C19H24O9. The smallest absolute Gasteiger partial charge is 0.308 e. The first-order valence-corrected chi connectivity index (χ1v) is 8.35. The van der Waals surface area contributed by atoms with Crippen LogP contribution in [0.4, 0.5) is 0 Å². The monoisotopic (exact) mass is 396 g/mol. The van der Waals surface area contributed by atoms with Gasteiger partial charge in [-0.2, -0.15) is 0 Å². The van der Waals surface area contributed by atoms with E-state index in [0.717, 1.165) is 0 Å². The molecule has 9 heteroatoms. The third kappa shape index (κ3) is 7.43. The number of methoxy groups -OCH3 is 1. The number of esters is 1. The molecule has 7 unspecified atom stereocenters. The van der Waals surface area contributed by atoms with Crippen molar-refractivity contribution in [3.05, 3.63) is 24.8 Å². The van der Waals surface area contributed by atoms with E-state index in [1.807, 2.05) is 0 Å². The van der Waals surface area contributed by atoms with Crippen molar-refractivity contribution in [1.29, 1.82) is 0 Å². The number of aliphatic hydroxyl groups is 5. The standard InChI is InChI=1S/C19H24O9/c1-3-13(9-7-5-4-6-8-12(21)10-15(22)26-2)27-19-18(25)17(24)16(23)14(11-20)28-19/h3,6,8,12-14,16-21,23-25H,1,10-11H2,2H3. The fourth-order valence-electron chi connectivity index (χ4n) is 2.14. The summed E-state index contributed by atoms with van der Waals surface area (Å²) in [5.41, 5.74) is 0. The molecule has 7 atom stereocenters. The van der Waals surface area contributed by atoms with E-state index in [4.69, 9.17) is 14.6 Å². The SMILES string of the molecule is C=CC(C#CC#CC=CC(O)CC(=O)OC)OC1OC(CO)C(O)C(O)C1O. The van der Waals surface area contributed by atoms with Gasteiger partial charge < -0.3 is 39.7 Å². The second kappa shape index (κ2) is 12.3. The fourth-order valence-corrected chi connectivity index (χ4v) is 2.14. The average molecular weight is 396 g/mol. The first-order valence-electron chi connectivity index (χ1n) is 8.35. The summed E-state index contributed by atoms with van der Waals surface area (Å²) >= 11 is 0. The lowest BCUT2D eigenvalue weighted by Gasteiger charge is -2.40. The molecule has 1 aliphatic heterocycles. The van der Waals surface area contributed by atoms with Gasteiger partial charge in [0, 0.05) is 0 Å². The normalized spacial score (nSPS) is 29.0. The molecule has 0 aromatic rings. The Bertz CT molecular complexity index is 664. The number of carbonyl (C=O) groups excluding carboxylic acids is 1. The summed E-state index contributed by atoms with van der Waals surface area (Å²) in [4.78, 5) is 11.0. The van der Waals surface area contributed by atoms with Gasteiger partial charge in [0.15, 0.2) is 6.29 Å². The molecule has 0 spiro atoms. The number of ether oxygens (including phenoxy) is 3. The summed E-state index contributed by atoms with van der Waals surface area (Å²) in [6.45, 7) is 2.96. The fraction of sp³-hybridized carbons (Fsp3) is 0.526. The molecule has 9 nitrogen and oxygen atoms in total. The Morgan fingerprint density at radius 2 is 1.96 bits per heavy atom. The molecule has 1 aliphatic rings. The van der Waals surface area contributed by atoms with E-state index in [1.165, 1.54) is 25.3 Å². The van der Waals surface area contributed by atoms with Gasteiger partial charge in [-0.25, -0.2) is 0 Å². The summed E-state index contributed by atoms with van der Waals surface area (Å²) in [6.07, 6.45) is -5.21. The van der Waals surface area contributed by atoms with Crippen LogP contribution in [0.2, 0.25) is 0 Å². The largest absolute Gasteiger partial charge is 0.469 e. The van der Waals surface area contributed by atoms with E-state index in [1.54, 1.807) is 0 Å². The lowest BCUT2D eigenvalue weighted by atomic mass is 9.99. The zero-order valence-electron chi connectivity index (χ0n) is 15.3. The summed E-state index contributed by atoms with van der Waals surface area (Å²) < 4.78 is 15.0. The maximum atomic E-state index is 11.0. The highest BCUT2D eigenvalue weighted by atomic mass is 16.7. The Morgan fingerprint density at radius 3 is 2.57 bits per heavy atom. The van der Waals surface area contributed by atoms with Crippen LogP contribution in [0.15, 0.2) is 24.8 Å². The highest BCUT2D eigenvalue weighted by molar-refractivity contribution is 5.70. The minimum Gasteiger partial charge on any atom is -0.469 e. The van der Waals surface area contributed by atoms with Crippen molar-refractivity contribution in [2.75, 3.05) is 13.7 Å².